The van der Waals surface area contributed by atoms with Crippen LogP contribution < -0.4 is 0 Å². The van der Waals surface area contributed by atoms with Crippen molar-refractivity contribution < 1.29 is 23.8 Å². The van der Waals surface area contributed by atoms with E-state index >= 15 is 0 Å². The maximum atomic E-state index is 12.9. The van der Waals surface area contributed by atoms with E-state index in [1.807, 2.05) is 25.7 Å². The molecular formula is C22H29NO5. The Hall–Kier alpha value is -2.24. The van der Waals surface area contributed by atoms with E-state index in [1.54, 1.807) is 19.3 Å². The summed E-state index contributed by atoms with van der Waals surface area (Å²) >= 11 is 0. The van der Waals surface area contributed by atoms with Gasteiger partial charge in [0.2, 0.25) is 0 Å². The van der Waals surface area contributed by atoms with Crippen LogP contribution in [0, 0.1) is 11.8 Å². The van der Waals surface area contributed by atoms with Gasteiger partial charge in [-0.15, -0.1) is 0 Å². The molecule has 0 aromatic carbocycles. The Labute approximate surface area is 166 Å². The van der Waals surface area contributed by atoms with Crippen LogP contribution in [0.2, 0.25) is 0 Å². The van der Waals surface area contributed by atoms with Crippen molar-refractivity contribution in [3.8, 4) is 0 Å². The summed E-state index contributed by atoms with van der Waals surface area (Å²) in [6.07, 6.45) is 9.23. The molecule has 6 heteroatoms. The van der Waals surface area contributed by atoms with Gasteiger partial charge in [-0.1, -0.05) is 6.08 Å². The molecule has 1 saturated carbocycles. The van der Waals surface area contributed by atoms with E-state index in [0.29, 0.717) is 18.0 Å². The van der Waals surface area contributed by atoms with Gasteiger partial charge in [0.05, 0.1) is 12.3 Å². The van der Waals surface area contributed by atoms with Crippen LogP contribution in [0.25, 0.3) is 0 Å². The number of likely N-dealkylation sites (tertiary alicyclic amines) is 1. The summed E-state index contributed by atoms with van der Waals surface area (Å²) < 4.78 is 16.6. The molecule has 4 atom stereocenters. The van der Waals surface area contributed by atoms with Gasteiger partial charge in [-0.05, 0) is 70.4 Å². The molecule has 4 aliphatic rings. The molecule has 1 saturated heterocycles. The summed E-state index contributed by atoms with van der Waals surface area (Å²) in [5, 5.41) is 0. The Balaban J connectivity index is 1.56. The molecule has 4 rings (SSSR count). The first-order chi connectivity index (χ1) is 13.2. The fourth-order valence-electron chi connectivity index (χ4n) is 4.76. The molecule has 2 fully saturated rings. The van der Waals surface area contributed by atoms with Gasteiger partial charge in [0.25, 0.3) is 6.29 Å². The minimum Gasteiger partial charge on any atom is -0.459 e. The second-order valence-corrected chi connectivity index (χ2v) is 9.18. The van der Waals surface area contributed by atoms with Crippen LogP contribution in [0.15, 0.2) is 35.1 Å². The van der Waals surface area contributed by atoms with Crippen molar-refractivity contribution >= 4 is 12.1 Å². The SMILES string of the molecule is CC1=C[C@H](O/C=C2/CN(C(=O)OC(C)(C)C)[C@@H]3C4=CCCC[C@H]4CC23)OC1=O. The minimum absolute atomic E-state index is 0.0541. The summed E-state index contributed by atoms with van der Waals surface area (Å²) in [7, 11) is 0. The smallest absolute Gasteiger partial charge is 0.411 e. The summed E-state index contributed by atoms with van der Waals surface area (Å²) in [4.78, 5) is 26.3. The molecule has 0 aromatic heterocycles. The number of carbonyl (C=O) groups excluding carboxylic acids is 2. The van der Waals surface area contributed by atoms with Crippen LogP contribution in [-0.4, -0.2) is 41.4 Å². The summed E-state index contributed by atoms with van der Waals surface area (Å²) in [6.45, 7) is 7.86. The van der Waals surface area contributed by atoms with Crippen LogP contribution in [0.5, 0.6) is 0 Å². The van der Waals surface area contributed by atoms with Gasteiger partial charge in [-0.2, -0.15) is 0 Å². The van der Waals surface area contributed by atoms with Crippen LogP contribution in [0.1, 0.15) is 53.4 Å². The molecular weight excluding hydrogens is 358 g/mol. The largest absolute Gasteiger partial charge is 0.459 e. The highest BCUT2D eigenvalue weighted by atomic mass is 16.7. The van der Waals surface area contributed by atoms with E-state index in [4.69, 9.17) is 14.2 Å². The number of esters is 1. The second kappa shape index (κ2) is 6.98. The molecule has 2 heterocycles. The number of amides is 1. The quantitative estimate of drug-likeness (QED) is 0.406. The Morgan fingerprint density at radius 1 is 1.36 bits per heavy atom. The van der Waals surface area contributed by atoms with Crippen molar-refractivity contribution in [1.29, 1.82) is 0 Å². The van der Waals surface area contributed by atoms with Gasteiger partial charge in [-0.25, -0.2) is 9.59 Å². The monoisotopic (exact) mass is 387 g/mol. The van der Waals surface area contributed by atoms with Crippen LogP contribution in [-0.2, 0) is 19.0 Å². The molecule has 2 aliphatic carbocycles. The first-order valence-electron chi connectivity index (χ1n) is 10.2. The van der Waals surface area contributed by atoms with Crippen molar-refractivity contribution in [2.75, 3.05) is 6.54 Å². The lowest BCUT2D eigenvalue weighted by atomic mass is 9.89. The Morgan fingerprint density at radius 2 is 2.14 bits per heavy atom. The van der Waals surface area contributed by atoms with Crippen molar-refractivity contribution in [3.05, 3.63) is 35.1 Å². The minimum atomic E-state index is -0.683. The number of ether oxygens (including phenoxy) is 3. The second-order valence-electron chi connectivity index (χ2n) is 9.18. The molecule has 0 radical (unpaired) electrons. The number of fused-ring (bicyclic) bond motifs is 3. The number of nitrogens with zero attached hydrogens (tertiary/aromatic N) is 1. The van der Waals surface area contributed by atoms with E-state index in [0.717, 1.165) is 18.4 Å². The molecule has 1 amide bonds. The van der Waals surface area contributed by atoms with Crippen LogP contribution in [0.3, 0.4) is 0 Å². The Morgan fingerprint density at radius 3 is 2.82 bits per heavy atom. The first kappa shape index (κ1) is 19.1. The lowest BCUT2D eigenvalue weighted by Crippen LogP contribution is -2.41. The fraction of sp³-hybridized carbons (Fsp3) is 0.636. The Bertz CT molecular complexity index is 772. The number of rotatable bonds is 2. The fourth-order valence-corrected chi connectivity index (χ4v) is 4.76. The summed E-state index contributed by atoms with van der Waals surface area (Å²) in [5.74, 6) is 0.424. The number of carbonyl (C=O) groups is 2. The topological polar surface area (TPSA) is 65.1 Å². The number of allylic oxidation sites excluding steroid dienone is 1. The average Bonchev–Trinajstić information content (AvgIpc) is 3.24. The summed E-state index contributed by atoms with van der Waals surface area (Å²) in [5.41, 5.74) is 2.48. The third-order valence-electron chi connectivity index (χ3n) is 5.95. The lowest BCUT2D eigenvalue weighted by Gasteiger charge is -2.30. The number of hydrogen-bond acceptors (Lipinski definition) is 5. The van der Waals surface area contributed by atoms with Gasteiger partial charge in [-0.3, -0.25) is 4.90 Å². The number of cyclic esters (lactones) is 1. The molecule has 6 nitrogen and oxygen atoms in total. The molecule has 2 aliphatic heterocycles. The summed E-state index contributed by atoms with van der Waals surface area (Å²) in [6, 6.07) is 0.0541. The predicted octanol–water partition coefficient (Wildman–Crippen LogP) is 4.08. The Kier molecular flexibility index (Phi) is 4.76. The van der Waals surface area contributed by atoms with Crippen molar-refractivity contribution in [1.82, 2.24) is 4.90 Å². The first-order valence-corrected chi connectivity index (χ1v) is 10.2. The van der Waals surface area contributed by atoms with E-state index in [2.05, 4.69) is 6.08 Å². The highest BCUT2D eigenvalue weighted by Gasteiger charge is 2.51. The predicted molar refractivity (Wildman–Crippen MR) is 103 cm³/mol. The van der Waals surface area contributed by atoms with Crippen molar-refractivity contribution in [2.24, 2.45) is 11.8 Å². The van der Waals surface area contributed by atoms with Gasteiger partial charge in [0, 0.05) is 24.1 Å². The number of hydrogen-bond donors (Lipinski definition) is 0. The normalized spacial score (nSPS) is 33.2. The molecule has 0 spiro atoms. The van der Waals surface area contributed by atoms with Crippen molar-refractivity contribution in [3.63, 3.8) is 0 Å². The zero-order valence-corrected chi connectivity index (χ0v) is 17.1. The van der Waals surface area contributed by atoms with Gasteiger partial charge < -0.3 is 14.2 Å². The van der Waals surface area contributed by atoms with E-state index < -0.39 is 11.9 Å². The maximum Gasteiger partial charge on any atom is 0.411 e. The maximum absolute atomic E-state index is 12.9. The lowest BCUT2D eigenvalue weighted by molar-refractivity contribution is -0.152. The zero-order valence-electron chi connectivity index (χ0n) is 17.1. The molecule has 152 valence electrons. The van der Waals surface area contributed by atoms with E-state index in [9.17, 15) is 9.59 Å². The standard InChI is InChI=1S/C22H29NO5/c1-13-9-18(27-20(13)24)26-12-15-11-23(21(25)28-22(2,3)4)19-16-8-6-5-7-14(16)10-17(15)19/h8-9,12,14,17-19H,5-7,10-11H2,1-4H3/b15-12-/t14-,17?,18+,19+/m0/s1. The molecule has 1 unspecified atom stereocenters. The third-order valence-corrected chi connectivity index (χ3v) is 5.95. The van der Waals surface area contributed by atoms with Crippen molar-refractivity contribution in [2.45, 2.75) is 71.3 Å². The molecule has 0 N–H and O–H groups in total. The molecule has 28 heavy (non-hydrogen) atoms. The van der Waals surface area contributed by atoms with Gasteiger partial charge in [0.1, 0.15) is 5.60 Å². The van der Waals surface area contributed by atoms with E-state index in [1.165, 1.54) is 18.4 Å². The van der Waals surface area contributed by atoms with Gasteiger partial charge >= 0.3 is 12.1 Å². The highest BCUT2D eigenvalue weighted by Crippen LogP contribution is 2.51. The van der Waals surface area contributed by atoms with Gasteiger partial charge in [0.15, 0.2) is 0 Å². The third kappa shape index (κ3) is 3.56. The van der Waals surface area contributed by atoms with Crippen LogP contribution >= 0.6 is 0 Å². The van der Waals surface area contributed by atoms with E-state index in [-0.39, 0.29) is 24.0 Å². The molecule has 0 bridgehead atoms. The zero-order chi connectivity index (χ0) is 20.1. The average molecular weight is 387 g/mol. The van der Waals surface area contributed by atoms with Crippen LogP contribution in [0.4, 0.5) is 4.79 Å². The highest BCUT2D eigenvalue weighted by molar-refractivity contribution is 5.89. The molecule has 0 aromatic rings.